The number of sulfonamides is 1. The van der Waals surface area contributed by atoms with E-state index in [1.165, 1.54) is 16.3 Å². The molecule has 8 nitrogen and oxygen atoms in total. The molecule has 24 heavy (non-hydrogen) atoms. The Kier molecular flexibility index (Phi) is 3.59. The van der Waals surface area contributed by atoms with Crippen LogP contribution in [0.5, 0.6) is 0 Å². The lowest BCUT2D eigenvalue weighted by molar-refractivity contribution is 0.502. The number of aryl methyl sites for hydroxylation is 1. The van der Waals surface area contributed by atoms with Gasteiger partial charge >= 0.3 is 5.69 Å². The van der Waals surface area contributed by atoms with Crippen LogP contribution in [0.2, 0.25) is 0 Å². The molecule has 1 saturated heterocycles. The summed E-state index contributed by atoms with van der Waals surface area (Å²) in [6, 6.07) is 4.81. The van der Waals surface area contributed by atoms with Crippen LogP contribution in [0.1, 0.15) is 25.3 Å². The molecule has 0 radical (unpaired) electrons. The fourth-order valence-electron chi connectivity index (χ4n) is 2.84. The largest absolute Gasteiger partial charge is 0.330 e. The van der Waals surface area contributed by atoms with Crippen LogP contribution < -0.4 is 21.3 Å². The van der Waals surface area contributed by atoms with Gasteiger partial charge < -0.3 is 0 Å². The van der Waals surface area contributed by atoms with Crippen molar-refractivity contribution in [2.75, 3.05) is 5.88 Å². The van der Waals surface area contributed by atoms with E-state index in [1.807, 2.05) is 6.92 Å². The first-order valence-corrected chi connectivity index (χ1v) is 10.2. The van der Waals surface area contributed by atoms with Crippen molar-refractivity contribution < 1.29 is 8.42 Å². The summed E-state index contributed by atoms with van der Waals surface area (Å²) in [6.07, 6.45) is 1.69. The van der Waals surface area contributed by atoms with Crippen LogP contribution in [0.15, 0.2) is 27.9 Å². The zero-order chi connectivity index (χ0) is 17.1. The lowest BCUT2D eigenvalue weighted by Crippen LogP contribution is -2.34. The topological polar surface area (TPSA) is 97.2 Å². The highest BCUT2D eigenvalue weighted by Crippen LogP contribution is 2.36. The molecule has 0 spiro atoms. The van der Waals surface area contributed by atoms with Crippen molar-refractivity contribution in [3.63, 3.8) is 0 Å². The molecule has 130 valence electrons. The van der Waals surface area contributed by atoms with Gasteiger partial charge in [0.05, 0.1) is 21.8 Å². The highest BCUT2D eigenvalue weighted by molar-refractivity contribution is 7.99. The summed E-state index contributed by atoms with van der Waals surface area (Å²) >= 11 is 1.53. The number of thioether (sulfide) groups is 1. The third-order valence-electron chi connectivity index (χ3n) is 4.53. The van der Waals surface area contributed by atoms with Crippen molar-refractivity contribution in [2.24, 2.45) is 7.05 Å². The average molecular weight is 369 g/mol. The molecular formula is C14H19N5O3S2. The first-order valence-electron chi connectivity index (χ1n) is 7.66. The van der Waals surface area contributed by atoms with E-state index < -0.39 is 10.0 Å². The summed E-state index contributed by atoms with van der Waals surface area (Å²) < 4.78 is 31.1. The van der Waals surface area contributed by atoms with E-state index in [9.17, 15) is 13.2 Å². The van der Waals surface area contributed by atoms with E-state index in [0.29, 0.717) is 16.9 Å². The van der Waals surface area contributed by atoms with Crippen LogP contribution in [0, 0.1) is 0 Å². The van der Waals surface area contributed by atoms with Gasteiger partial charge in [-0.1, -0.05) is 0 Å². The number of aromatic nitrogens is 2. The molecule has 1 aliphatic carbocycles. The van der Waals surface area contributed by atoms with Gasteiger partial charge in [0.15, 0.2) is 5.50 Å². The van der Waals surface area contributed by atoms with Crippen LogP contribution in [-0.4, -0.2) is 29.0 Å². The first-order chi connectivity index (χ1) is 11.3. The Labute approximate surface area is 143 Å². The van der Waals surface area contributed by atoms with Crippen LogP contribution in [0.4, 0.5) is 0 Å². The van der Waals surface area contributed by atoms with E-state index in [0.717, 1.165) is 12.8 Å². The van der Waals surface area contributed by atoms with E-state index in [2.05, 4.69) is 15.6 Å². The minimum absolute atomic E-state index is 0.179. The molecule has 2 fully saturated rings. The Morgan fingerprint density at radius 3 is 2.71 bits per heavy atom. The maximum atomic E-state index is 12.6. The van der Waals surface area contributed by atoms with Crippen molar-refractivity contribution in [1.82, 2.24) is 24.7 Å². The number of imidazole rings is 1. The van der Waals surface area contributed by atoms with Gasteiger partial charge in [-0.2, -0.15) is 0 Å². The third-order valence-corrected chi connectivity index (χ3v) is 7.12. The molecule has 1 unspecified atom stereocenters. The van der Waals surface area contributed by atoms with E-state index >= 15 is 0 Å². The second kappa shape index (κ2) is 5.33. The number of hydrogen-bond donors (Lipinski definition) is 3. The molecule has 1 aliphatic heterocycles. The van der Waals surface area contributed by atoms with Gasteiger partial charge in [-0.3, -0.25) is 9.13 Å². The maximum absolute atomic E-state index is 12.6. The molecule has 2 heterocycles. The Bertz CT molecular complexity index is 968. The quantitative estimate of drug-likeness (QED) is 0.723. The molecule has 1 aromatic carbocycles. The molecule has 2 aromatic rings. The zero-order valence-corrected chi connectivity index (χ0v) is 15.0. The summed E-state index contributed by atoms with van der Waals surface area (Å²) in [4.78, 5) is 12.7. The standard InChI is InChI=1S/C14H19N5O3S2/c1-14(5-6-14)17-24(21,22)9-3-4-10-11(7-9)19(13(20)18(10)2)12-16-15-8-23-12/h3-4,7,12,15-17H,5-6,8H2,1-2H3. The van der Waals surface area contributed by atoms with Crippen LogP contribution in [-0.2, 0) is 17.1 Å². The number of benzene rings is 1. The Morgan fingerprint density at radius 2 is 2.08 bits per heavy atom. The molecule has 2 aliphatic rings. The predicted octanol–water partition coefficient (Wildman–Crippen LogP) is 0.425. The summed E-state index contributed by atoms with van der Waals surface area (Å²) in [5, 5.41) is 0. The molecule has 1 saturated carbocycles. The molecule has 0 amide bonds. The van der Waals surface area contributed by atoms with Crippen molar-refractivity contribution >= 4 is 32.8 Å². The minimum atomic E-state index is -3.61. The molecule has 10 heteroatoms. The number of hydrogen-bond acceptors (Lipinski definition) is 6. The van der Waals surface area contributed by atoms with E-state index in [1.54, 1.807) is 29.8 Å². The number of rotatable bonds is 4. The normalized spacial score (nSPS) is 23.0. The third kappa shape index (κ3) is 2.58. The average Bonchev–Trinajstić information content (AvgIpc) is 2.96. The van der Waals surface area contributed by atoms with Crippen molar-refractivity contribution in [3.05, 3.63) is 28.7 Å². The smallest absolute Gasteiger partial charge is 0.295 e. The highest BCUT2D eigenvalue weighted by Gasteiger charge is 2.41. The number of hydrazine groups is 1. The fraction of sp³-hybridized carbons (Fsp3) is 0.500. The number of nitrogens with zero attached hydrogens (tertiary/aromatic N) is 2. The Balaban J connectivity index is 1.85. The van der Waals surface area contributed by atoms with Gasteiger partial charge in [0, 0.05) is 12.6 Å². The van der Waals surface area contributed by atoms with Crippen LogP contribution in [0.3, 0.4) is 0 Å². The molecule has 4 rings (SSSR count). The SMILES string of the molecule is Cn1c(=O)n(C2NNCS2)c2cc(S(=O)(=O)NC3(C)CC3)ccc21. The van der Waals surface area contributed by atoms with E-state index in [4.69, 9.17) is 0 Å². The minimum Gasteiger partial charge on any atom is -0.295 e. The van der Waals surface area contributed by atoms with Gasteiger partial charge in [0.25, 0.3) is 0 Å². The molecular weight excluding hydrogens is 350 g/mol. The summed E-state index contributed by atoms with van der Waals surface area (Å²) in [5.74, 6) is 0.672. The second-order valence-corrected chi connectivity index (χ2v) is 9.26. The lowest BCUT2D eigenvalue weighted by atomic mass is 10.3. The van der Waals surface area contributed by atoms with Crippen molar-refractivity contribution in [1.29, 1.82) is 0 Å². The summed E-state index contributed by atoms with van der Waals surface area (Å²) in [7, 11) is -1.92. The predicted molar refractivity (Wildman–Crippen MR) is 92.9 cm³/mol. The van der Waals surface area contributed by atoms with Gasteiger partial charge in [0.2, 0.25) is 10.0 Å². The molecule has 3 N–H and O–H groups in total. The molecule has 1 atom stereocenters. The highest BCUT2D eigenvalue weighted by atomic mass is 32.2. The summed E-state index contributed by atoms with van der Waals surface area (Å²) in [6.45, 7) is 1.90. The molecule has 0 bridgehead atoms. The van der Waals surface area contributed by atoms with Crippen LogP contribution in [0.25, 0.3) is 11.0 Å². The zero-order valence-electron chi connectivity index (χ0n) is 13.4. The monoisotopic (exact) mass is 369 g/mol. The van der Waals surface area contributed by atoms with Gasteiger partial charge in [-0.15, -0.1) is 11.8 Å². The Morgan fingerprint density at radius 1 is 1.33 bits per heavy atom. The molecule has 1 aromatic heterocycles. The summed E-state index contributed by atoms with van der Waals surface area (Å²) in [5.41, 5.74) is 6.50. The fourth-order valence-corrected chi connectivity index (χ4v) is 5.17. The van der Waals surface area contributed by atoms with Gasteiger partial charge in [0.1, 0.15) is 0 Å². The van der Waals surface area contributed by atoms with Crippen molar-refractivity contribution in [3.8, 4) is 0 Å². The van der Waals surface area contributed by atoms with E-state index in [-0.39, 0.29) is 21.6 Å². The number of fused-ring (bicyclic) bond motifs is 1. The maximum Gasteiger partial charge on any atom is 0.330 e. The Hall–Kier alpha value is -1.33. The first kappa shape index (κ1) is 16.2. The van der Waals surface area contributed by atoms with Crippen molar-refractivity contribution in [2.45, 2.75) is 35.7 Å². The van der Waals surface area contributed by atoms with Crippen LogP contribution >= 0.6 is 11.8 Å². The lowest BCUT2D eigenvalue weighted by Gasteiger charge is -2.13. The second-order valence-electron chi connectivity index (χ2n) is 6.51. The number of nitrogens with one attached hydrogen (secondary N) is 3. The van der Waals surface area contributed by atoms with Gasteiger partial charge in [-0.25, -0.2) is 28.8 Å². The van der Waals surface area contributed by atoms with Gasteiger partial charge in [-0.05, 0) is 38.0 Å².